The highest BCUT2D eigenvalue weighted by Gasteiger charge is 2.10. The number of Topliss-reactive ketones (excluding diaryl/α,β-unsaturated/α-hetero) is 1. The third-order valence-corrected chi connectivity index (χ3v) is 1.20. The number of hydrogen-bond acceptors (Lipinski definition) is 2. The molecule has 0 aliphatic rings. The van der Waals surface area contributed by atoms with E-state index in [-0.39, 0.29) is 17.3 Å². The van der Waals surface area contributed by atoms with Crippen LogP contribution in [-0.2, 0) is 4.79 Å². The molecule has 0 aliphatic heterocycles. The Bertz CT molecular complexity index is 196. The van der Waals surface area contributed by atoms with Crippen molar-refractivity contribution in [1.82, 2.24) is 0 Å². The van der Waals surface area contributed by atoms with Crippen molar-refractivity contribution < 1.29 is 4.79 Å². The third kappa shape index (κ3) is 2.02. The van der Waals surface area contributed by atoms with Crippen LogP contribution in [0, 0.1) is 17.2 Å². The van der Waals surface area contributed by atoms with Gasteiger partial charge >= 0.3 is 0 Å². The minimum atomic E-state index is -0.0787. The van der Waals surface area contributed by atoms with E-state index in [9.17, 15) is 4.79 Å². The highest BCUT2D eigenvalue weighted by Crippen LogP contribution is 2.03. The van der Waals surface area contributed by atoms with Gasteiger partial charge in [-0.1, -0.05) is 19.9 Å². The molecule has 54 valence electrons. The van der Waals surface area contributed by atoms with Crippen LogP contribution in [0.15, 0.2) is 11.6 Å². The standard InChI is InChI=1S/C8H11NO/c1-4-7(5-9)8(10)6(2)3/h4,6H,1-3H3. The Morgan fingerprint density at radius 1 is 1.60 bits per heavy atom. The normalized spacial score (nSPS) is 11.3. The molecule has 0 saturated carbocycles. The summed E-state index contributed by atoms with van der Waals surface area (Å²) < 4.78 is 0. The summed E-state index contributed by atoms with van der Waals surface area (Å²) in [5.74, 6) is -0.157. The Balaban J connectivity index is 4.38. The van der Waals surface area contributed by atoms with Crippen LogP contribution in [0.25, 0.3) is 0 Å². The van der Waals surface area contributed by atoms with Gasteiger partial charge in [0.1, 0.15) is 6.07 Å². The first-order valence-corrected chi connectivity index (χ1v) is 3.24. The second kappa shape index (κ2) is 3.84. The summed E-state index contributed by atoms with van der Waals surface area (Å²) in [4.78, 5) is 11.0. The smallest absolute Gasteiger partial charge is 0.175 e. The zero-order valence-electron chi connectivity index (χ0n) is 6.51. The summed E-state index contributed by atoms with van der Waals surface area (Å²) in [7, 11) is 0. The van der Waals surface area contributed by atoms with Gasteiger partial charge in [0.2, 0.25) is 0 Å². The number of hydrogen-bond donors (Lipinski definition) is 0. The van der Waals surface area contributed by atoms with Crippen molar-refractivity contribution >= 4 is 5.78 Å². The summed E-state index contributed by atoms with van der Waals surface area (Å²) in [6.45, 7) is 5.26. The molecule has 0 fully saturated rings. The lowest BCUT2D eigenvalue weighted by molar-refractivity contribution is -0.117. The van der Waals surface area contributed by atoms with E-state index < -0.39 is 0 Å². The molecular weight excluding hydrogens is 126 g/mol. The van der Waals surface area contributed by atoms with Crippen LogP contribution in [-0.4, -0.2) is 5.78 Å². The highest BCUT2D eigenvalue weighted by molar-refractivity contribution is 6.00. The van der Waals surface area contributed by atoms with Crippen molar-refractivity contribution in [2.75, 3.05) is 0 Å². The van der Waals surface area contributed by atoms with Gasteiger partial charge in [0, 0.05) is 5.92 Å². The molecule has 0 unspecified atom stereocenters. The molecule has 0 aromatic rings. The van der Waals surface area contributed by atoms with Crippen LogP contribution in [0.3, 0.4) is 0 Å². The van der Waals surface area contributed by atoms with Crippen molar-refractivity contribution in [2.45, 2.75) is 20.8 Å². The van der Waals surface area contributed by atoms with Gasteiger partial charge in [-0.2, -0.15) is 5.26 Å². The number of nitriles is 1. The summed E-state index contributed by atoms with van der Waals surface area (Å²) >= 11 is 0. The van der Waals surface area contributed by atoms with Gasteiger partial charge in [-0.15, -0.1) is 0 Å². The SMILES string of the molecule is CC=C(C#N)C(=O)C(C)C. The first-order valence-electron chi connectivity index (χ1n) is 3.24. The van der Waals surface area contributed by atoms with E-state index >= 15 is 0 Å². The maximum Gasteiger partial charge on any atom is 0.175 e. The molecule has 0 aliphatic carbocycles. The fraction of sp³-hybridized carbons (Fsp3) is 0.500. The van der Waals surface area contributed by atoms with Crippen LogP contribution in [0.2, 0.25) is 0 Å². The largest absolute Gasteiger partial charge is 0.293 e. The zero-order chi connectivity index (χ0) is 8.15. The zero-order valence-corrected chi connectivity index (χ0v) is 6.51. The molecule has 0 rings (SSSR count). The molecule has 0 heterocycles. The lowest BCUT2D eigenvalue weighted by Crippen LogP contribution is -2.08. The van der Waals surface area contributed by atoms with Gasteiger partial charge in [0.15, 0.2) is 5.78 Å². The van der Waals surface area contributed by atoms with Gasteiger partial charge in [-0.05, 0) is 6.92 Å². The predicted octanol–water partition coefficient (Wildman–Crippen LogP) is 1.68. The fourth-order valence-electron chi connectivity index (χ4n) is 0.573. The Morgan fingerprint density at radius 3 is 2.20 bits per heavy atom. The highest BCUT2D eigenvalue weighted by atomic mass is 16.1. The van der Waals surface area contributed by atoms with Gasteiger partial charge in [0.05, 0.1) is 5.57 Å². The minimum Gasteiger partial charge on any atom is -0.293 e. The Hall–Kier alpha value is -1.10. The Labute approximate surface area is 61.2 Å². The molecule has 0 bridgehead atoms. The molecule has 0 radical (unpaired) electrons. The third-order valence-electron chi connectivity index (χ3n) is 1.20. The van der Waals surface area contributed by atoms with Crippen LogP contribution < -0.4 is 0 Å². The predicted molar refractivity (Wildman–Crippen MR) is 39.2 cm³/mol. The van der Waals surface area contributed by atoms with E-state index in [2.05, 4.69) is 0 Å². The number of ketones is 1. The summed E-state index contributed by atoms with van der Waals surface area (Å²) in [6, 6.07) is 1.84. The Morgan fingerprint density at radius 2 is 2.10 bits per heavy atom. The van der Waals surface area contributed by atoms with E-state index in [0.29, 0.717) is 0 Å². The van der Waals surface area contributed by atoms with Crippen molar-refractivity contribution in [1.29, 1.82) is 5.26 Å². The number of carbonyl (C=O) groups is 1. The summed E-state index contributed by atoms with van der Waals surface area (Å²) in [5.41, 5.74) is 0.259. The number of nitrogens with zero attached hydrogens (tertiary/aromatic N) is 1. The summed E-state index contributed by atoms with van der Waals surface area (Å²) in [5, 5.41) is 8.41. The van der Waals surface area contributed by atoms with Gasteiger partial charge in [-0.25, -0.2) is 0 Å². The lowest BCUT2D eigenvalue weighted by atomic mass is 10.0. The quantitative estimate of drug-likeness (QED) is 0.429. The maximum atomic E-state index is 11.0. The first-order chi connectivity index (χ1) is 4.63. The average Bonchev–Trinajstić information content (AvgIpc) is 1.90. The van der Waals surface area contributed by atoms with Crippen molar-refractivity contribution in [2.24, 2.45) is 5.92 Å². The van der Waals surface area contributed by atoms with E-state index in [1.54, 1.807) is 26.8 Å². The van der Waals surface area contributed by atoms with E-state index in [0.717, 1.165) is 0 Å². The molecule has 0 aromatic carbocycles. The number of carbonyl (C=O) groups excluding carboxylic acids is 1. The number of allylic oxidation sites excluding steroid dienone is 2. The van der Waals surface area contributed by atoms with E-state index in [1.807, 2.05) is 6.07 Å². The molecule has 0 saturated heterocycles. The van der Waals surface area contributed by atoms with Gasteiger partial charge in [0.25, 0.3) is 0 Å². The maximum absolute atomic E-state index is 11.0. The van der Waals surface area contributed by atoms with Crippen molar-refractivity contribution in [3.63, 3.8) is 0 Å². The van der Waals surface area contributed by atoms with Crippen molar-refractivity contribution in [3.8, 4) is 6.07 Å². The van der Waals surface area contributed by atoms with E-state index in [1.165, 1.54) is 0 Å². The molecule has 0 N–H and O–H groups in total. The van der Waals surface area contributed by atoms with Crippen molar-refractivity contribution in [3.05, 3.63) is 11.6 Å². The molecule has 2 nitrogen and oxygen atoms in total. The van der Waals surface area contributed by atoms with Crippen LogP contribution in [0.1, 0.15) is 20.8 Å². The van der Waals surface area contributed by atoms with Gasteiger partial charge in [-0.3, -0.25) is 4.79 Å². The van der Waals surface area contributed by atoms with Crippen LogP contribution >= 0.6 is 0 Å². The number of rotatable bonds is 2. The van der Waals surface area contributed by atoms with E-state index in [4.69, 9.17) is 5.26 Å². The van der Waals surface area contributed by atoms with Crippen LogP contribution in [0.4, 0.5) is 0 Å². The topological polar surface area (TPSA) is 40.9 Å². The molecule has 0 amide bonds. The first kappa shape index (κ1) is 8.90. The van der Waals surface area contributed by atoms with Gasteiger partial charge < -0.3 is 0 Å². The lowest BCUT2D eigenvalue weighted by Gasteiger charge is -1.99. The summed E-state index contributed by atoms with van der Waals surface area (Å²) in [6.07, 6.45) is 1.54. The molecule has 0 spiro atoms. The molecule has 0 aromatic heterocycles. The minimum absolute atomic E-state index is 0.0779. The average molecular weight is 137 g/mol. The fourth-order valence-corrected chi connectivity index (χ4v) is 0.573. The molecular formula is C8H11NO. The molecule has 2 heteroatoms. The second-order valence-corrected chi connectivity index (χ2v) is 2.33. The molecule has 0 atom stereocenters. The molecule has 10 heavy (non-hydrogen) atoms. The monoisotopic (exact) mass is 137 g/mol. The Kier molecular flexibility index (Phi) is 3.42. The second-order valence-electron chi connectivity index (χ2n) is 2.33. The van der Waals surface area contributed by atoms with Crippen LogP contribution in [0.5, 0.6) is 0 Å².